The van der Waals surface area contributed by atoms with Crippen LogP contribution in [0.1, 0.15) is 81.6 Å². The molecule has 0 saturated carbocycles. The lowest BCUT2D eigenvalue weighted by Gasteiger charge is -2.42. The molecule has 0 aromatic heterocycles. The Labute approximate surface area is 414 Å². The van der Waals surface area contributed by atoms with Crippen LogP contribution in [0.5, 0.6) is 0 Å². The number of allylic oxidation sites excluding steroid dienone is 1. The third-order valence-electron chi connectivity index (χ3n) is 13.9. The molecule has 3 fully saturated rings. The standard InChI is InChI=1S/C51H62ClF3N6O5S3/c1-50(2,3)61-34-42-30-43(61)33-60(42)25-24-40(35-67-44-11-7-5-8-12-44)56-47-23-22-45(31-48(47)68(63,64)51(53,54)55)69(65,66)57-49(62)37-16-20-41(21-17-37)59-28-26-58(27-29-59)32-38-10-6-4-9-13-46(38)36-14-18-39(52)19-15-36/h5,7-8,11-12,14-23,31,40,42-43,56H,4,6,9-10,13,24-30,32-35H2,1-3H3,(H,57,62)/t40-,42+,43+/m1/s1. The van der Waals surface area contributed by atoms with Crippen LogP contribution in [-0.2, 0) is 19.9 Å². The van der Waals surface area contributed by atoms with Crippen LogP contribution in [0.4, 0.5) is 24.5 Å². The molecular formula is C51H62ClF3N6O5S3. The molecule has 1 aliphatic carbocycles. The molecular weight excluding hydrogens is 965 g/mol. The van der Waals surface area contributed by atoms with E-state index in [-0.39, 0.29) is 16.8 Å². The number of hydrogen-bond donors (Lipinski definition) is 2. The Bertz CT molecular complexity index is 2700. The average Bonchev–Trinajstić information content (AvgIpc) is 3.85. The normalized spacial score (nSPS) is 20.5. The zero-order valence-electron chi connectivity index (χ0n) is 39.4. The van der Waals surface area contributed by atoms with Gasteiger partial charge in [-0.25, -0.2) is 21.6 Å². The molecule has 0 unspecified atom stereocenters. The summed E-state index contributed by atoms with van der Waals surface area (Å²) in [5.41, 5.74) is -1.08. The quantitative estimate of drug-likeness (QED) is 0.104. The molecule has 18 heteroatoms. The summed E-state index contributed by atoms with van der Waals surface area (Å²) in [6.45, 7) is 13.1. The molecule has 4 aliphatic rings. The topological polar surface area (TPSA) is 122 Å². The molecule has 3 atom stereocenters. The van der Waals surface area contributed by atoms with Gasteiger partial charge in [-0.15, -0.1) is 11.8 Å². The number of sulfonamides is 1. The summed E-state index contributed by atoms with van der Waals surface area (Å²) in [6.07, 6.45) is 7.19. The van der Waals surface area contributed by atoms with E-state index in [2.05, 4.69) is 57.8 Å². The number of alkyl halides is 3. The number of benzene rings is 4. The van der Waals surface area contributed by atoms with Gasteiger partial charge in [-0.1, -0.05) is 53.9 Å². The maximum atomic E-state index is 14.3. The summed E-state index contributed by atoms with van der Waals surface area (Å²) in [6, 6.07) is 26.8. The first-order chi connectivity index (χ1) is 32.7. The summed E-state index contributed by atoms with van der Waals surface area (Å²) in [5, 5.41) is 3.80. The van der Waals surface area contributed by atoms with Crippen LogP contribution in [0, 0.1) is 0 Å². The number of anilines is 2. The first-order valence-corrected chi connectivity index (χ1v) is 28.1. The fourth-order valence-electron chi connectivity index (χ4n) is 10.2. The number of piperazine rings is 2. The molecule has 0 radical (unpaired) electrons. The Morgan fingerprint density at radius 2 is 1.52 bits per heavy atom. The SMILES string of the molecule is CC(C)(C)N1C[C@@H]2C[C@H]1CN2CC[C@H](CSc1ccccc1)Nc1ccc(S(=O)(=O)NC(=O)c2ccc(N3CCN(CC4=C(c5ccc(Cl)cc5)CCCCC4)CC3)cc2)cc1S(=O)(=O)C(F)(F)F. The van der Waals surface area contributed by atoms with Crippen LogP contribution in [0.15, 0.2) is 117 Å². The van der Waals surface area contributed by atoms with Crippen molar-refractivity contribution in [3.05, 3.63) is 119 Å². The number of rotatable bonds is 16. The van der Waals surface area contributed by atoms with Gasteiger partial charge in [0.2, 0.25) is 0 Å². The van der Waals surface area contributed by atoms with Gasteiger partial charge >= 0.3 is 5.51 Å². The second-order valence-electron chi connectivity index (χ2n) is 19.6. The van der Waals surface area contributed by atoms with E-state index in [1.807, 2.05) is 47.2 Å². The summed E-state index contributed by atoms with van der Waals surface area (Å²) >= 11 is 7.67. The zero-order chi connectivity index (χ0) is 49.1. The predicted molar refractivity (Wildman–Crippen MR) is 270 cm³/mol. The third-order valence-corrected chi connectivity index (χ3v) is 18.2. The smallest absolute Gasteiger partial charge is 0.380 e. The van der Waals surface area contributed by atoms with Gasteiger partial charge in [-0.3, -0.25) is 19.5 Å². The lowest BCUT2D eigenvalue weighted by atomic mass is 9.95. The summed E-state index contributed by atoms with van der Waals surface area (Å²) < 4.78 is 98.7. The lowest BCUT2D eigenvalue weighted by Crippen LogP contribution is -2.53. The van der Waals surface area contributed by atoms with E-state index in [4.69, 9.17) is 11.6 Å². The molecule has 3 saturated heterocycles. The molecule has 4 aromatic carbocycles. The van der Waals surface area contributed by atoms with E-state index < -0.39 is 47.1 Å². The molecule has 372 valence electrons. The number of sulfone groups is 1. The first kappa shape index (κ1) is 51.3. The number of nitrogens with zero attached hydrogens (tertiary/aromatic N) is 4. The summed E-state index contributed by atoms with van der Waals surface area (Å²) in [5.74, 6) is -0.622. The monoisotopic (exact) mass is 1030 g/mol. The van der Waals surface area contributed by atoms with Crippen LogP contribution >= 0.6 is 23.4 Å². The van der Waals surface area contributed by atoms with Gasteiger partial charge in [0, 0.05) is 103 Å². The van der Waals surface area contributed by atoms with Crippen molar-refractivity contribution in [1.29, 1.82) is 0 Å². The van der Waals surface area contributed by atoms with Crippen molar-refractivity contribution >= 4 is 66.1 Å². The highest BCUT2D eigenvalue weighted by molar-refractivity contribution is 7.99. The van der Waals surface area contributed by atoms with Crippen molar-refractivity contribution in [1.82, 2.24) is 19.4 Å². The Balaban J connectivity index is 0.932. The fraction of sp³-hybridized carbons (Fsp3) is 0.471. The molecule has 69 heavy (non-hydrogen) atoms. The number of halogens is 4. The van der Waals surface area contributed by atoms with Gasteiger partial charge in [0.25, 0.3) is 25.8 Å². The van der Waals surface area contributed by atoms with E-state index in [0.29, 0.717) is 36.9 Å². The number of amides is 1. The van der Waals surface area contributed by atoms with Crippen molar-refractivity contribution in [2.75, 3.05) is 68.3 Å². The zero-order valence-corrected chi connectivity index (χ0v) is 42.6. The highest BCUT2D eigenvalue weighted by atomic mass is 35.5. The molecule has 1 amide bonds. The van der Waals surface area contributed by atoms with Crippen LogP contribution in [-0.4, -0.2) is 125 Å². The Morgan fingerprint density at radius 3 is 2.17 bits per heavy atom. The molecule has 2 N–H and O–H groups in total. The molecule has 2 bridgehead atoms. The van der Waals surface area contributed by atoms with Crippen molar-refractivity contribution in [2.45, 2.75) is 110 Å². The van der Waals surface area contributed by atoms with Crippen LogP contribution in [0.2, 0.25) is 5.02 Å². The molecule has 4 aromatic rings. The van der Waals surface area contributed by atoms with Gasteiger partial charge in [0.05, 0.1) is 10.6 Å². The van der Waals surface area contributed by atoms with Gasteiger partial charge in [-0.05, 0) is 137 Å². The Kier molecular flexibility index (Phi) is 15.8. The second kappa shape index (κ2) is 21.3. The van der Waals surface area contributed by atoms with Crippen LogP contribution < -0.4 is 14.9 Å². The van der Waals surface area contributed by atoms with Crippen LogP contribution in [0.3, 0.4) is 0 Å². The minimum atomic E-state index is -6.06. The van der Waals surface area contributed by atoms with Gasteiger partial charge in [0.15, 0.2) is 0 Å². The number of likely N-dealkylation sites (tertiary alicyclic amines) is 2. The van der Waals surface area contributed by atoms with E-state index in [0.717, 1.165) is 92.8 Å². The Hall–Kier alpha value is -4.10. The average molecular weight is 1030 g/mol. The lowest BCUT2D eigenvalue weighted by molar-refractivity contribution is -0.0435. The fourth-order valence-corrected chi connectivity index (χ4v) is 13.4. The molecule has 8 rings (SSSR count). The summed E-state index contributed by atoms with van der Waals surface area (Å²) in [7, 11) is -10.9. The first-order valence-electron chi connectivity index (χ1n) is 23.8. The van der Waals surface area contributed by atoms with E-state index in [9.17, 15) is 34.8 Å². The number of fused-ring (bicyclic) bond motifs is 2. The Morgan fingerprint density at radius 1 is 0.826 bits per heavy atom. The van der Waals surface area contributed by atoms with Crippen molar-refractivity contribution in [3.8, 4) is 0 Å². The molecule has 3 aliphatic heterocycles. The van der Waals surface area contributed by atoms with E-state index in [1.165, 1.54) is 59.9 Å². The molecule has 11 nitrogen and oxygen atoms in total. The number of thioether (sulfide) groups is 1. The highest BCUT2D eigenvalue weighted by Gasteiger charge is 2.49. The van der Waals surface area contributed by atoms with E-state index in [1.54, 1.807) is 12.1 Å². The maximum Gasteiger partial charge on any atom is 0.501 e. The maximum absolute atomic E-state index is 14.3. The van der Waals surface area contributed by atoms with Gasteiger partial charge < -0.3 is 10.2 Å². The minimum absolute atomic E-state index is 0.00788. The largest absolute Gasteiger partial charge is 0.501 e. The number of hydrogen-bond acceptors (Lipinski definition) is 11. The van der Waals surface area contributed by atoms with Crippen LogP contribution in [0.25, 0.3) is 5.57 Å². The summed E-state index contributed by atoms with van der Waals surface area (Å²) in [4.78, 5) is 21.9. The van der Waals surface area contributed by atoms with Crippen molar-refractivity contribution in [3.63, 3.8) is 0 Å². The number of carbonyl (C=O) groups is 1. The number of nitrogens with one attached hydrogen (secondary N) is 2. The van der Waals surface area contributed by atoms with Gasteiger partial charge in [-0.2, -0.15) is 13.2 Å². The third kappa shape index (κ3) is 12.3. The molecule has 3 heterocycles. The van der Waals surface area contributed by atoms with Crippen molar-refractivity contribution in [2.24, 2.45) is 0 Å². The molecule has 0 spiro atoms. The van der Waals surface area contributed by atoms with E-state index >= 15 is 0 Å². The highest BCUT2D eigenvalue weighted by Crippen LogP contribution is 2.39. The number of carbonyl (C=O) groups excluding carboxylic acids is 1. The second-order valence-corrected chi connectivity index (χ2v) is 24.7. The minimum Gasteiger partial charge on any atom is -0.380 e. The van der Waals surface area contributed by atoms with Crippen molar-refractivity contribution < 1.29 is 34.8 Å². The predicted octanol–water partition coefficient (Wildman–Crippen LogP) is 9.81. The van der Waals surface area contributed by atoms with Gasteiger partial charge in [0.1, 0.15) is 4.90 Å².